The van der Waals surface area contributed by atoms with E-state index < -0.39 is 4.92 Å². The molecule has 1 spiro atoms. The molecule has 3 heterocycles. The maximum Gasteiger partial charge on any atom is 0.322 e. The standard InChI is InChI=1S/C13H19N5O3/c1-9-11(18(20)21)10(16-15-9)12(19)17-6-3-13(4-7-17)2-5-14-8-13/h14H,2-8H2,1H3,(H,15,16). The van der Waals surface area contributed by atoms with E-state index in [2.05, 4.69) is 15.5 Å². The van der Waals surface area contributed by atoms with E-state index in [1.54, 1.807) is 11.8 Å². The zero-order valence-corrected chi connectivity index (χ0v) is 12.0. The van der Waals surface area contributed by atoms with Crippen LogP contribution in [0.15, 0.2) is 0 Å². The Hall–Kier alpha value is -1.96. The highest BCUT2D eigenvalue weighted by molar-refractivity contribution is 5.96. The molecular weight excluding hydrogens is 274 g/mol. The van der Waals surface area contributed by atoms with Crippen LogP contribution >= 0.6 is 0 Å². The molecular formula is C13H19N5O3. The summed E-state index contributed by atoms with van der Waals surface area (Å²) in [5.41, 5.74) is 0.349. The van der Waals surface area contributed by atoms with Crippen molar-refractivity contribution in [3.63, 3.8) is 0 Å². The second kappa shape index (κ2) is 5.10. The second-order valence-corrected chi connectivity index (χ2v) is 6.02. The van der Waals surface area contributed by atoms with Gasteiger partial charge in [-0.05, 0) is 38.1 Å². The molecule has 1 aromatic heterocycles. The Labute approximate surface area is 122 Å². The maximum atomic E-state index is 12.5. The highest BCUT2D eigenvalue weighted by atomic mass is 16.6. The van der Waals surface area contributed by atoms with Crippen molar-refractivity contribution in [2.45, 2.75) is 26.2 Å². The molecule has 0 radical (unpaired) electrons. The van der Waals surface area contributed by atoms with Crippen LogP contribution in [0.4, 0.5) is 5.69 Å². The first-order valence-corrected chi connectivity index (χ1v) is 7.22. The molecule has 2 N–H and O–H groups in total. The van der Waals surface area contributed by atoms with Crippen LogP contribution in [0.25, 0.3) is 0 Å². The molecule has 2 saturated heterocycles. The lowest BCUT2D eigenvalue weighted by atomic mass is 9.78. The molecule has 8 heteroatoms. The first kappa shape index (κ1) is 14.0. The van der Waals surface area contributed by atoms with Crippen LogP contribution in [-0.4, -0.2) is 52.1 Å². The topological polar surface area (TPSA) is 104 Å². The van der Waals surface area contributed by atoms with Gasteiger partial charge in [0, 0.05) is 19.6 Å². The van der Waals surface area contributed by atoms with Crippen molar-refractivity contribution in [1.29, 1.82) is 0 Å². The summed E-state index contributed by atoms with van der Waals surface area (Å²) in [5, 5.41) is 20.8. The third kappa shape index (κ3) is 2.39. The van der Waals surface area contributed by atoms with E-state index in [4.69, 9.17) is 0 Å². The number of likely N-dealkylation sites (tertiary alicyclic amines) is 1. The predicted molar refractivity (Wildman–Crippen MR) is 75.0 cm³/mol. The lowest BCUT2D eigenvalue weighted by molar-refractivity contribution is -0.385. The normalized spacial score (nSPS) is 20.9. The van der Waals surface area contributed by atoms with Crippen molar-refractivity contribution in [2.75, 3.05) is 26.2 Å². The Morgan fingerprint density at radius 2 is 2.10 bits per heavy atom. The van der Waals surface area contributed by atoms with Gasteiger partial charge in [-0.3, -0.25) is 20.0 Å². The number of nitro groups is 1. The first-order valence-electron chi connectivity index (χ1n) is 7.22. The summed E-state index contributed by atoms with van der Waals surface area (Å²) in [6.45, 7) is 4.89. The second-order valence-electron chi connectivity index (χ2n) is 6.02. The van der Waals surface area contributed by atoms with Crippen LogP contribution in [-0.2, 0) is 0 Å². The van der Waals surface area contributed by atoms with Crippen LogP contribution in [0.1, 0.15) is 35.4 Å². The first-order chi connectivity index (χ1) is 10.0. The molecule has 114 valence electrons. The van der Waals surface area contributed by atoms with Crippen LogP contribution in [0.5, 0.6) is 0 Å². The lowest BCUT2D eigenvalue weighted by Gasteiger charge is -2.38. The number of aromatic nitrogens is 2. The zero-order chi connectivity index (χ0) is 15.0. The Kier molecular flexibility index (Phi) is 3.40. The maximum absolute atomic E-state index is 12.5. The number of hydrogen-bond acceptors (Lipinski definition) is 5. The highest BCUT2D eigenvalue weighted by Crippen LogP contribution is 2.37. The van der Waals surface area contributed by atoms with E-state index in [0.717, 1.165) is 32.4 Å². The average molecular weight is 293 g/mol. The number of carbonyl (C=O) groups is 1. The van der Waals surface area contributed by atoms with Crippen LogP contribution in [0, 0.1) is 22.5 Å². The van der Waals surface area contributed by atoms with E-state index in [-0.39, 0.29) is 17.3 Å². The van der Waals surface area contributed by atoms with Crippen molar-refractivity contribution in [2.24, 2.45) is 5.41 Å². The van der Waals surface area contributed by atoms with Gasteiger partial charge in [0.2, 0.25) is 5.69 Å². The average Bonchev–Trinajstić information content (AvgIpc) is 3.06. The minimum atomic E-state index is -0.543. The summed E-state index contributed by atoms with van der Waals surface area (Å²) in [6.07, 6.45) is 3.04. The number of rotatable bonds is 2. The number of hydrogen-bond donors (Lipinski definition) is 2. The van der Waals surface area contributed by atoms with E-state index in [1.807, 2.05) is 0 Å². The minimum absolute atomic E-state index is 0.0713. The molecule has 0 aromatic carbocycles. The molecule has 1 amide bonds. The third-order valence-electron chi connectivity index (χ3n) is 4.74. The van der Waals surface area contributed by atoms with Crippen LogP contribution < -0.4 is 5.32 Å². The number of H-pyrrole nitrogens is 1. The van der Waals surface area contributed by atoms with Gasteiger partial charge in [0.05, 0.1) is 4.92 Å². The molecule has 2 aliphatic rings. The summed E-state index contributed by atoms with van der Waals surface area (Å²) >= 11 is 0. The molecule has 8 nitrogen and oxygen atoms in total. The van der Waals surface area contributed by atoms with Gasteiger partial charge >= 0.3 is 5.69 Å². The van der Waals surface area contributed by atoms with Gasteiger partial charge in [-0.2, -0.15) is 5.10 Å². The smallest absolute Gasteiger partial charge is 0.322 e. The highest BCUT2D eigenvalue weighted by Gasteiger charge is 2.39. The van der Waals surface area contributed by atoms with Gasteiger partial charge in [-0.25, -0.2) is 0 Å². The van der Waals surface area contributed by atoms with Crippen molar-refractivity contribution < 1.29 is 9.72 Å². The van der Waals surface area contributed by atoms with E-state index >= 15 is 0 Å². The number of amides is 1. The fraction of sp³-hybridized carbons (Fsp3) is 0.692. The SMILES string of the molecule is Cc1[nH]nc(C(=O)N2CCC3(CCNC3)CC2)c1[N+](=O)[O-]. The summed E-state index contributed by atoms with van der Waals surface area (Å²) in [7, 11) is 0. The quantitative estimate of drug-likeness (QED) is 0.621. The molecule has 0 aliphatic carbocycles. The third-order valence-corrected chi connectivity index (χ3v) is 4.74. The molecule has 0 saturated carbocycles. The molecule has 0 unspecified atom stereocenters. The van der Waals surface area contributed by atoms with E-state index in [1.165, 1.54) is 0 Å². The number of nitrogens with one attached hydrogen (secondary N) is 2. The number of aromatic amines is 1. The van der Waals surface area contributed by atoms with Gasteiger partial charge in [0.25, 0.3) is 5.91 Å². The van der Waals surface area contributed by atoms with Crippen LogP contribution in [0.2, 0.25) is 0 Å². The summed E-state index contributed by atoms with van der Waals surface area (Å²) in [4.78, 5) is 24.7. The minimum Gasteiger partial charge on any atom is -0.337 e. The molecule has 2 aliphatic heterocycles. The predicted octanol–water partition coefficient (Wildman–Crippen LogP) is 0.842. The number of piperidine rings is 1. The van der Waals surface area contributed by atoms with Gasteiger partial charge in [-0.1, -0.05) is 0 Å². The van der Waals surface area contributed by atoms with Gasteiger partial charge in [-0.15, -0.1) is 0 Å². The van der Waals surface area contributed by atoms with Crippen molar-refractivity contribution in [1.82, 2.24) is 20.4 Å². The zero-order valence-electron chi connectivity index (χ0n) is 12.0. The van der Waals surface area contributed by atoms with Crippen molar-refractivity contribution in [3.05, 3.63) is 21.5 Å². The molecule has 1 aromatic rings. The molecule has 2 fully saturated rings. The number of carbonyl (C=O) groups excluding carboxylic acids is 1. The fourth-order valence-corrected chi connectivity index (χ4v) is 3.35. The Morgan fingerprint density at radius 3 is 2.67 bits per heavy atom. The Bertz CT molecular complexity index is 566. The lowest BCUT2D eigenvalue weighted by Crippen LogP contribution is -2.44. The molecule has 21 heavy (non-hydrogen) atoms. The fourth-order valence-electron chi connectivity index (χ4n) is 3.35. The van der Waals surface area contributed by atoms with Gasteiger partial charge in [0.1, 0.15) is 5.69 Å². The van der Waals surface area contributed by atoms with Gasteiger partial charge in [0.15, 0.2) is 0 Å². The summed E-state index contributed by atoms with van der Waals surface area (Å²) in [6, 6.07) is 0. The Morgan fingerprint density at radius 1 is 1.38 bits per heavy atom. The largest absolute Gasteiger partial charge is 0.337 e. The summed E-state index contributed by atoms with van der Waals surface area (Å²) in [5.74, 6) is -0.341. The molecule has 3 rings (SSSR count). The van der Waals surface area contributed by atoms with Gasteiger partial charge < -0.3 is 10.2 Å². The summed E-state index contributed by atoms with van der Waals surface area (Å²) < 4.78 is 0. The number of aryl methyl sites for hydroxylation is 1. The molecule has 0 atom stereocenters. The van der Waals surface area contributed by atoms with E-state index in [0.29, 0.717) is 24.2 Å². The van der Waals surface area contributed by atoms with Crippen molar-refractivity contribution >= 4 is 11.6 Å². The van der Waals surface area contributed by atoms with Crippen molar-refractivity contribution in [3.8, 4) is 0 Å². The van der Waals surface area contributed by atoms with E-state index in [9.17, 15) is 14.9 Å². The monoisotopic (exact) mass is 293 g/mol. The van der Waals surface area contributed by atoms with Crippen LogP contribution in [0.3, 0.4) is 0 Å². The Balaban J connectivity index is 1.74. The number of nitrogens with zero attached hydrogens (tertiary/aromatic N) is 3. The molecule has 0 bridgehead atoms.